The van der Waals surface area contributed by atoms with E-state index in [0.717, 1.165) is 29.9 Å². The van der Waals surface area contributed by atoms with Gasteiger partial charge in [0.25, 0.3) is 0 Å². The molecule has 0 unspecified atom stereocenters. The van der Waals surface area contributed by atoms with Crippen LogP contribution in [0, 0.1) is 0 Å². The fraction of sp³-hybridized carbons (Fsp3) is 0.400. The molecule has 0 aliphatic heterocycles. The maximum absolute atomic E-state index is 5.75. The summed E-state index contributed by atoms with van der Waals surface area (Å²) in [4.78, 5) is 0. The first-order valence-corrected chi connectivity index (χ1v) is 5.27. The highest BCUT2D eigenvalue weighted by molar-refractivity contribution is 9.10. The van der Waals surface area contributed by atoms with Crippen LogP contribution in [0.25, 0.3) is 0 Å². The van der Waals surface area contributed by atoms with Gasteiger partial charge >= 0.3 is 0 Å². The molecule has 78 valence electrons. The van der Waals surface area contributed by atoms with Gasteiger partial charge in [-0.3, -0.25) is 0 Å². The van der Waals surface area contributed by atoms with E-state index in [9.17, 15) is 0 Å². The topological polar surface area (TPSA) is 47.3 Å². The Balaban J connectivity index is 2.39. The molecule has 0 fully saturated rings. The van der Waals surface area contributed by atoms with Crippen LogP contribution in [0.15, 0.2) is 22.7 Å². The van der Waals surface area contributed by atoms with Crippen LogP contribution in [0.5, 0.6) is 0 Å². The molecule has 3 nitrogen and oxygen atoms in total. The van der Waals surface area contributed by atoms with Crippen molar-refractivity contribution in [3.63, 3.8) is 0 Å². The lowest BCUT2D eigenvalue weighted by Crippen LogP contribution is -2.18. The Morgan fingerprint density at radius 2 is 2.29 bits per heavy atom. The zero-order chi connectivity index (χ0) is 10.4. The molecule has 0 radical (unpaired) electrons. The molecule has 0 saturated heterocycles. The van der Waals surface area contributed by atoms with Crippen LogP contribution in [0.3, 0.4) is 0 Å². The highest BCUT2D eigenvalue weighted by Crippen LogP contribution is 2.19. The quantitative estimate of drug-likeness (QED) is 0.625. The van der Waals surface area contributed by atoms with E-state index < -0.39 is 0 Å². The average molecular weight is 259 g/mol. The summed E-state index contributed by atoms with van der Waals surface area (Å²) in [6, 6.07) is 5.97. The van der Waals surface area contributed by atoms with Crippen LogP contribution in [-0.4, -0.2) is 20.3 Å². The fourth-order valence-electron chi connectivity index (χ4n) is 1.11. The third-order valence-corrected chi connectivity index (χ3v) is 2.59. The number of rotatable bonds is 5. The summed E-state index contributed by atoms with van der Waals surface area (Å²) in [5.41, 5.74) is 7.71. The van der Waals surface area contributed by atoms with Crippen LogP contribution in [-0.2, 0) is 11.3 Å². The maximum Gasteiger partial charge on any atom is 0.0587 e. The Kier molecular flexibility index (Phi) is 4.93. The van der Waals surface area contributed by atoms with Crippen molar-refractivity contribution >= 4 is 21.6 Å². The van der Waals surface area contributed by atoms with E-state index in [4.69, 9.17) is 10.5 Å². The number of nitrogens with two attached hydrogens (primary N) is 1. The zero-order valence-corrected chi connectivity index (χ0v) is 9.80. The number of hydrogen-bond donors (Lipinski definition) is 2. The van der Waals surface area contributed by atoms with Crippen molar-refractivity contribution in [2.24, 2.45) is 0 Å². The molecule has 0 bridgehead atoms. The van der Waals surface area contributed by atoms with Crippen molar-refractivity contribution < 1.29 is 4.74 Å². The highest BCUT2D eigenvalue weighted by atomic mass is 79.9. The van der Waals surface area contributed by atoms with Crippen LogP contribution in [0.2, 0.25) is 0 Å². The summed E-state index contributed by atoms with van der Waals surface area (Å²) >= 11 is 3.36. The molecule has 4 heteroatoms. The molecule has 0 spiro atoms. The largest absolute Gasteiger partial charge is 0.398 e. The van der Waals surface area contributed by atoms with Crippen LogP contribution >= 0.6 is 15.9 Å². The van der Waals surface area contributed by atoms with Crippen LogP contribution in [0.1, 0.15) is 5.56 Å². The van der Waals surface area contributed by atoms with Crippen molar-refractivity contribution in [3.05, 3.63) is 28.2 Å². The van der Waals surface area contributed by atoms with Crippen molar-refractivity contribution in [1.82, 2.24) is 5.32 Å². The number of nitrogen functional groups attached to an aromatic ring is 1. The Hall–Kier alpha value is -0.580. The second-order valence-corrected chi connectivity index (χ2v) is 3.88. The zero-order valence-electron chi connectivity index (χ0n) is 8.22. The van der Waals surface area contributed by atoms with Gasteiger partial charge in [-0.2, -0.15) is 0 Å². The molecule has 0 atom stereocenters. The standard InChI is InChI=1S/C10H15BrN2O/c1-14-5-4-13-7-8-2-3-9(11)10(12)6-8/h2-3,6,13H,4-5,7,12H2,1H3. The molecule has 1 aromatic carbocycles. The van der Waals surface area contributed by atoms with E-state index in [1.807, 2.05) is 18.2 Å². The fourth-order valence-corrected chi connectivity index (χ4v) is 1.36. The number of ether oxygens (including phenoxy) is 1. The van der Waals surface area contributed by atoms with Crippen molar-refractivity contribution in [2.75, 3.05) is 26.0 Å². The summed E-state index contributed by atoms with van der Waals surface area (Å²) in [7, 11) is 1.69. The Bertz CT molecular complexity index is 291. The minimum absolute atomic E-state index is 0.728. The minimum Gasteiger partial charge on any atom is -0.398 e. The number of nitrogens with one attached hydrogen (secondary N) is 1. The second kappa shape index (κ2) is 6.01. The Morgan fingerprint density at radius 1 is 1.50 bits per heavy atom. The van der Waals surface area contributed by atoms with Crippen LogP contribution < -0.4 is 11.1 Å². The molecule has 0 amide bonds. The monoisotopic (exact) mass is 258 g/mol. The summed E-state index contributed by atoms with van der Waals surface area (Å²) in [6.07, 6.45) is 0. The van der Waals surface area contributed by atoms with Gasteiger partial charge in [0.15, 0.2) is 0 Å². The van der Waals surface area contributed by atoms with Gasteiger partial charge in [0.2, 0.25) is 0 Å². The molecule has 0 heterocycles. The first-order chi connectivity index (χ1) is 6.74. The highest BCUT2D eigenvalue weighted by Gasteiger charge is 1.97. The van der Waals surface area contributed by atoms with E-state index in [2.05, 4.69) is 21.2 Å². The Morgan fingerprint density at radius 3 is 2.93 bits per heavy atom. The lowest BCUT2D eigenvalue weighted by molar-refractivity contribution is 0.199. The molecule has 0 aromatic heterocycles. The third-order valence-electron chi connectivity index (χ3n) is 1.87. The molecule has 1 aromatic rings. The molecule has 0 aliphatic rings. The first-order valence-electron chi connectivity index (χ1n) is 4.47. The number of halogens is 1. The lowest BCUT2D eigenvalue weighted by Gasteiger charge is -2.05. The van der Waals surface area contributed by atoms with Gasteiger partial charge in [-0.15, -0.1) is 0 Å². The van der Waals surface area contributed by atoms with Crippen LogP contribution in [0.4, 0.5) is 5.69 Å². The van der Waals surface area contributed by atoms with Gasteiger partial charge in [-0.1, -0.05) is 6.07 Å². The van der Waals surface area contributed by atoms with Gasteiger partial charge in [-0.05, 0) is 33.6 Å². The molecule has 14 heavy (non-hydrogen) atoms. The van der Waals surface area contributed by atoms with Gasteiger partial charge in [0.05, 0.1) is 6.61 Å². The van der Waals surface area contributed by atoms with Crippen molar-refractivity contribution in [2.45, 2.75) is 6.54 Å². The SMILES string of the molecule is COCCNCc1ccc(Br)c(N)c1. The lowest BCUT2D eigenvalue weighted by atomic mass is 10.2. The molecule has 1 rings (SSSR count). The summed E-state index contributed by atoms with van der Waals surface area (Å²) in [5, 5.41) is 3.25. The van der Waals surface area contributed by atoms with Gasteiger partial charge < -0.3 is 15.8 Å². The number of benzene rings is 1. The molecule has 0 saturated carbocycles. The van der Waals surface area contributed by atoms with E-state index in [0.29, 0.717) is 0 Å². The molecular weight excluding hydrogens is 244 g/mol. The molecular formula is C10H15BrN2O. The summed E-state index contributed by atoms with van der Waals surface area (Å²) in [5.74, 6) is 0. The van der Waals surface area contributed by atoms with Gasteiger partial charge in [0, 0.05) is 30.4 Å². The Labute approximate surface area is 92.8 Å². The van der Waals surface area contributed by atoms with Crippen molar-refractivity contribution in [3.8, 4) is 0 Å². The normalized spacial score (nSPS) is 10.4. The van der Waals surface area contributed by atoms with Gasteiger partial charge in [-0.25, -0.2) is 0 Å². The second-order valence-electron chi connectivity index (χ2n) is 3.03. The predicted molar refractivity (Wildman–Crippen MR) is 62.1 cm³/mol. The summed E-state index contributed by atoms with van der Waals surface area (Å²) in [6.45, 7) is 2.40. The maximum atomic E-state index is 5.75. The number of methoxy groups -OCH3 is 1. The number of hydrogen-bond acceptors (Lipinski definition) is 3. The first kappa shape index (κ1) is 11.5. The molecule has 3 N–H and O–H groups in total. The summed E-state index contributed by atoms with van der Waals surface area (Å²) < 4.78 is 5.87. The third kappa shape index (κ3) is 3.65. The van der Waals surface area contributed by atoms with E-state index in [1.54, 1.807) is 7.11 Å². The number of anilines is 1. The van der Waals surface area contributed by atoms with Crippen molar-refractivity contribution in [1.29, 1.82) is 0 Å². The average Bonchev–Trinajstić information content (AvgIpc) is 2.18. The van der Waals surface area contributed by atoms with Gasteiger partial charge in [0.1, 0.15) is 0 Å². The predicted octanol–water partition coefficient (Wildman–Crippen LogP) is 1.77. The van der Waals surface area contributed by atoms with E-state index >= 15 is 0 Å². The molecule has 0 aliphatic carbocycles. The van der Waals surface area contributed by atoms with E-state index in [-0.39, 0.29) is 0 Å². The van der Waals surface area contributed by atoms with E-state index in [1.165, 1.54) is 5.56 Å². The smallest absolute Gasteiger partial charge is 0.0587 e. The minimum atomic E-state index is 0.728.